The van der Waals surface area contributed by atoms with E-state index in [9.17, 15) is 19.2 Å². The second kappa shape index (κ2) is 16.3. The number of aromatic nitrogens is 5. The van der Waals surface area contributed by atoms with Crippen molar-refractivity contribution >= 4 is 57.3 Å². The Labute approximate surface area is 353 Å². The van der Waals surface area contributed by atoms with Crippen LogP contribution in [0.5, 0.6) is 0 Å². The highest BCUT2D eigenvalue weighted by Gasteiger charge is 2.48. The molecule has 15 nitrogen and oxygen atoms in total. The summed E-state index contributed by atoms with van der Waals surface area (Å²) >= 11 is 0. The van der Waals surface area contributed by atoms with Crippen LogP contribution in [-0.2, 0) is 9.59 Å². The second-order valence-corrected chi connectivity index (χ2v) is 17.7. The van der Waals surface area contributed by atoms with Crippen LogP contribution in [-0.4, -0.2) is 104 Å². The molecule has 3 N–H and O–H groups in total. The Morgan fingerprint density at radius 3 is 2.38 bits per heavy atom. The predicted octanol–water partition coefficient (Wildman–Crippen LogP) is 5.32. The number of hydrogen-bond acceptors (Lipinski definition) is 11. The first-order valence-electron chi connectivity index (χ1n) is 21.9. The van der Waals surface area contributed by atoms with Gasteiger partial charge < -0.3 is 30.7 Å². The second-order valence-electron chi connectivity index (χ2n) is 17.7. The van der Waals surface area contributed by atoms with Gasteiger partial charge in [-0.2, -0.15) is 5.10 Å². The zero-order valence-corrected chi connectivity index (χ0v) is 34.3. The van der Waals surface area contributed by atoms with Gasteiger partial charge in [0.25, 0.3) is 11.8 Å². The van der Waals surface area contributed by atoms with Crippen molar-refractivity contribution in [3.63, 3.8) is 0 Å². The lowest BCUT2D eigenvalue weighted by Crippen LogP contribution is -2.56. The number of nitrogens with one attached hydrogen (secondary N) is 3. The number of allylic oxidation sites excluding steroid dienone is 1. The van der Waals surface area contributed by atoms with E-state index in [1.54, 1.807) is 22.7 Å². The fraction of sp³-hybridized carbons (Fsp3) is 0.457. The van der Waals surface area contributed by atoms with Gasteiger partial charge in [0.1, 0.15) is 29.6 Å². The third kappa shape index (κ3) is 7.69. The van der Waals surface area contributed by atoms with E-state index in [0.717, 1.165) is 92.9 Å². The van der Waals surface area contributed by atoms with Gasteiger partial charge in [0.05, 0.1) is 34.5 Å². The van der Waals surface area contributed by atoms with Gasteiger partial charge in [0.15, 0.2) is 5.65 Å². The standard InChI is InChI=1S/C46H51N11O4/c58-28-33-8-11-38(41(29-59)48-33)49-44(60)31-6-9-34(10-7-31)54-21-14-46(15-22-54)25-36(26-46)53-19-12-35(13-20-53)57-27-32-23-40(42(24-39(32)52-57)55-16-2-1-3-17-55)50-45(61)37-5-4-18-56-30-47-51-43(37)56/h4-7,9-10,18,23-24,27,30,35-36,38,48H,1-3,8,11-17,19-22,25-26H2,(H,49,60)(H,50,61). The summed E-state index contributed by atoms with van der Waals surface area (Å²) in [7, 11) is 0. The van der Waals surface area contributed by atoms with Gasteiger partial charge in [-0.3, -0.25) is 18.7 Å². The van der Waals surface area contributed by atoms with Crippen LogP contribution in [0, 0.1) is 5.41 Å². The fourth-order valence-electron chi connectivity index (χ4n) is 10.5. The minimum Gasteiger partial charge on any atom is -0.371 e. The molecule has 5 fully saturated rings. The highest BCUT2D eigenvalue weighted by molar-refractivity contribution is 6.10. The van der Waals surface area contributed by atoms with Crippen LogP contribution in [0.15, 0.2) is 78.6 Å². The molecule has 1 atom stereocenters. The molecular weight excluding hydrogens is 771 g/mol. The summed E-state index contributed by atoms with van der Waals surface area (Å²) in [6, 6.07) is 16.1. The Hall–Kier alpha value is -6.27. The summed E-state index contributed by atoms with van der Waals surface area (Å²) in [4.78, 5) is 56.6. The van der Waals surface area contributed by atoms with Gasteiger partial charge in [-0.05, 0) is 118 Å². The quantitative estimate of drug-likeness (QED) is 0.174. The number of pyridine rings is 1. The van der Waals surface area contributed by atoms with E-state index in [2.05, 4.69) is 63.9 Å². The first kappa shape index (κ1) is 38.9. The number of nitrogens with zero attached hydrogens (tertiary/aromatic N) is 8. The van der Waals surface area contributed by atoms with Crippen molar-refractivity contribution in [3.8, 4) is 0 Å². The van der Waals surface area contributed by atoms with Crippen molar-refractivity contribution in [2.24, 2.45) is 5.41 Å². The van der Waals surface area contributed by atoms with Crippen molar-refractivity contribution in [2.75, 3.05) is 54.4 Å². The van der Waals surface area contributed by atoms with Gasteiger partial charge in [-0.15, -0.1) is 10.2 Å². The van der Waals surface area contributed by atoms with Crippen LogP contribution in [0.1, 0.15) is 97.4 Å². The lowest BCUT2D eigenvalue weighted by Gasteiger charge is -2.56. The Morgan fingerprint density at radius 2 is 1.62 bits per heavy atom. The molecule has 1 aliphatic carbocycles. The summed E-state index contributed by atoms with van der Waals surface area (Å²) in [5, 5.41) is 23.2. The molecule has 2 aromatic carbocycles. The topological polar surface area (TPSA) is 162 Å². The smallest absolute Gasteiger partial charge is 0.259 e. The van der Waals surface area contributed by atoms with E-state index < -0.39 is 6.04 Å². The number of piperidine rings is 4. The summed E-state index contributed by atoms with van der Waals surface area (Å²) in [6.07, 6.45) is 16.9. The molecule has 15 heteroatoms. The maximum atomic E-state index is 13.7. The first-order chi connectivity index (χ1) is 29.8. The molecule has 5 aliphatic rings. The van der Waals surface area contributed by atoms with Crippen LogP contribution in [0.4, 0.5) is 17.1 Å². The Bertz CT molecular complexity index is 2560. The van der Waals surface area contributed by atoms with Crippen LogP contribution in [0.3, 0.4) is 0 Å². The van der Waals surface area contributed by atoms with Crippen molar-refractivity contribution in [1.29, 1.82) is 0 Å². The maximum Gasteiger partial charge on any atom is 0.259 e. The SMILES string of the molecule is O=C=C1CCC(NC(=O)c2ccc(N3CCC4(CC3)CC(N3CCC(n5cc6cc(NC(=O)c7cccn8cnnc78)c(N7CCCCC7)cc6n5)CC3)C4)cc2)C(=C=O)N1. The molecule has 61 heavy (non-hydrogen) atoms. The van der Waals surface area contributed by atoms with E-state index in [4.69, 9.17) is 5.10 Å². The van der Waals surface area contributed by atoms with Crippen LogP contribution in [0.25, 0.3) is 16.6 Å². The van der Waals surface area contributed by atoms with Crippen LogP contribution >= 0.6 is 0 Å². The maximum absolute atomic E-state index is 13.7. The van der Waals surface area contributed by atoms with E-state index >= 15 is 0 Å². The normalized spacial score (nSPS) is 21.2. The van der Waals surface area contributed by atoms with Gasteiger partial charge in [-0.1, -0.05) is 0 Å². The molecule has 0 radical (unpaired) electrons. The number of anilines is 3. The van der Waals surface area contributed by atoms with Gasteiger partial charge in [-0.25, -0.2) is 9.59 Å². The molecule has 7 heterocycles. The van der Waals surface area contributed by atoms with Crippen molar-refractivity contribution < 1.29 is 19.2 Å². The van der Waals surface area contributed by atoms with Crippen LogP contribution < -0.4 is 25.8 Å². The predicted molar refractivity (Wildman–Crippen MR) is 232 cm³/mol. The Balaban J connectivity index is 0.728. The Kier molecular flexibility index (Phi) is 10.4. The first-order valence-corrected chi connectivity index (χ1v) is 21.9. The molecule has 0 bridgehead atoms. The molecular formula is C46H51N11O4. The van der Waals surface area contributed by atoms with Crippen LogP contribution in [0.2, 0.25) is 0 Å². The van der Waals surface area contributed by atoms with E-state index in [1.165, 1.54) is 32.1 Å². The Morgan fingerprint density at radius 1 is 0.836 bits per heavy atom. The summed E-state index contributed by atoms with van der Waals surface area (Å²) in [5.41, 5.74) is 6.32. The van der Waals surface area contributed by atoms with Crippen molar-refractivity contribution in [2.45, 2.75) is 88.8 Å². The summed E-state index contributed by atoms with van der Waals surface area (Å²) in [5.74, 6) is 3.14. The monoisotopic (exact) mass is 821 g/mol. The summed E-state index contributed by atoms with van der Waals surface area (Å²) in [6.45, 7) is 6.07. The van der Waals surface area contributed by atoms with Crippen molar-refractivity contribution in [3.05, 3.63) is 89.8 Å². The fourth-order valence-corrected chi connectivity index (χ4v) is 10.5. The molecule has 4 aliphatic heterocycles. The molecule has 3 aromatic heterocycles. The number of fused-ring (bicyclic) bond motifs is 2. The number of hydrogen-bond donors (Lipinski definition) is 3. The summed E-state index contributed by atoms with van der Waals surface area (Å²) < 4.78 is 3.94. The third-order valence-corrected chi connectivity index (χ3v) is 14.1. The highest BCUT2D eigenvalue weighted by Crippen LogP contribution is 2.52. The average molecular weight is 822 g/mol. The molecule has 4 saturated heterocycles. The third-order valence-electron chi connectivity index (χ3n) is 14.1. The lowest BCUT2D eigenvalue weighted by atomic mass is 9.59. The van der Waals surface area contributed by atoms with Gasteiger partial charge in [0.2, 0.25) is 0 Å². The number of amides is 2. The van der Waals surface area contributed by atoms with E-state index in [-0.39, 0.29) is 17.5 Å². The van der Waals surface area contributed by atoms with E-state index in [1.807, 2.05) is 42.5 Å². The molecule has 10 rings (SSSR count). The molecule has 1 saturated carbocycles. The molecule has 5 aromatic rings. The lowest BCUT2D eigenvalue weighted by molar-refractivity contribution is -0.0290. The molecule has 2 amide bonds. The average Bonchev–Trinajstić information content (AvgIpc) is 3.96. The van der Waals surface area contributed by atoms with Crippen molar-refractivity contribution in [1.82, 2.24) is 39.9 Å². The highest BCUT2D eigenvalue weighted by atomic mass is 16.2. The zero-order chi connectivity index (χ0) is 41.5. The molecule has 1 unspecified atom stereocenters. The number of benzene rings is 2. The van der Waals surface area contributed by atoms with Gasteiger partial charge in [0, 0.05) is 80.8 Å². The van der Waals surface area contributed by atoms with E-state index in [0.29, 0.717) is 52.8 Å². The number of carbonyl (C=O) groups is 2. The molecule has 314 valence electrons. The largest absolute Gasteiger partial charge is 0.371 e. The van der Waals surface area contributed by atoms with Gasteiger partial charge >= 0.3 is 0 Å². The minimum atomic E-state index is -0.514. The molecule has 1 spiro atoms. The minimum absolute atomic E-state index is 0.156. The zero-order valence-electron chi connectivity index (χ0n) is 34.3. The number of rotatable bonds is 8. The number of carbonyl (C=O) groups excluding carboxylic acids is 4. The number of likely N-dealkylation sites (tertiary alicyclic amines) is 1.